The molecule has 289 valence electrons. The Morgan fingerprint density at radius 1 is 0.614 bits per heavy atom. The minimum atomic E-state index is 0. The smallest absolute Gasteiger partial charge is 0.153 e. The van der Waals surface area contributed by atoms with Crippen molar-refractivity contribution in [2.24, 2.45) is 0 Å². The van der Waals surface area contributed by atoms with Gasteiger partial charge in [0.2, 0.25) is 0 Å². The van der Waals surface area contributed by atoms with Gasteiger partial charge in [-0.05, 0) is 61.6 Å². The molecule has 0 spiro atoms. The first kappa shape index (κ1) is 40.1. The second kappa shape index (κ2) is 18.3. The van der Waals surface area contributed by atoms with Gasteiger partial charge in [0.15, 0.2) is 6.29 Å². The zero-order valence-electron chi connectivity index (χ0n) is 31.8. The van der Waals surface area contributed by atoms with E-state index in [2.05, 4.69) is 37.4 Å². The number of methoxy groups -OCH3 is 2. The van der Waals surface area contributed by atoms with Crippen LogP contribution in [-0.4, -0.2) is 68.7 Å². The molecular weight excluding hydrogens is 895 g/mol. The van der Waals surface area contributed by atoms with Crippen molar-refractivity contribution in [3.05, 3.63) is 145 Å². The van der Waals surface area contributed by atoms with E-state index in [1.165, 1.54) is 0 Å². The number of anilines is 1. The molecule has 9 rings (SSSR count). The largest absolute Gasteiger partial charge is 0.554 e. The van der Waals surface area contributed by atoms with Gasteiger partial charge in [-0.1, -0.05) is 82.2 Å². The van der Waals surface area contributed by atoms with Gasteiger partial charge >= 0.3 is 0 Å². The fourth-order valence-electron chi connectivity index (χ4n) is 6.39. The SMILES string of the molecule is CCN(CC)c1ccc(C=O)c(O)c1.COc1c[c-]c(-n2nc3ccccc3n2)c2ccccc12.COc1c[c-]c(-n2nc3ccccc3n2)c2ccccc12.[Ir]. The Hall–Kier alpha value is -6.62. The molecule has 0 aliphatic heterocycles. The summed E-state index contributed by atoms with van der Waals surface area (Å²) in [6.45, 7) is 5.87. The van der Waals surface area contributed by atoms with Gasteiger partial charge in [0.25, 0.3) is 0 Å². The van der Waals surface area contributed by atoms with Crippen molar-refractivity contribution in [2.75, 3.05) is 32.2 Å². The Morgan fingerprint density at radius 2 is 1.00 bits per heavy atom. The number of rotatable bonds is 8. The van der Waals surface area contributed by atoms with Crippen LogP contribution in [0.15, 0.2) is 127 Å². The molecule has 0 bridgehead atoms. The number of aromatic nitrogens is 6. The molecule has 0 saturated heterocycles. The van der Waals surface area contributed by atoms with Gasteiger partial charge in [-0.2, -0.15) is 42.1 Å². The zero-order chi connectivity index (χ0) is 39.0. The van der Waals surface area contributed by atoms with Gasteiger partial charge in [0.05, 0.1) is 19.8 Å². The first-order valence-electron chi connectivity index (χ1n) is 18.1. The summed E-state index contributed by atoms with van der Waals surface area (Å²) >= 11 is 0. The van der Waals surface area contributed by atoms with Gasteiger partial charge < -0.3 is 19.5 Å². The molecule has 1 radical (unpaired) electrons. The van der Waals surface area contributed by atoms with Gasteiger partial charge in [-0.25, -0.2) is 0 Å². The van der Waals surface area contributed by atoms with Gasteiger partial charge in [0.1, 0.15) is 27.8 Å². The van der Waals surface area contributed by atoms with Crippen molar-refractivity contribution in [3.8, 4) is 28.6 Å². The fraction of sp³-hybridized carbons (Fsp3) is 0.133. The molecule has 57 heavy (non-hydrogen) atoms. The Labute approximate surface area is 343 Å². The molecule has 0 fully saturated rings. The van der Waals surface area contributed by atoms with Crippen molar-refractivity contribution in [1.29, 1.82) is 0 Å². The summed E-state index contributed by atoms with van der Waals surface area (Å²) in [4.78, 5) is 15.8. The number of hydrogen-bond acceptors (Lipinski definition) is 9. The average Bonchev–Trinajstić information content (AvgIpc) is 3.89. The van der Waals surface area contributed by atoms with Gasteiger partial charge in [-0.3, -0.25) is 4.79 Å². The fourth-order valence-corrected chi connectivity index (χ4v) is 6.39. The van der Waals surface area contributed by atoms with Crippen molar-refractivity contribution in [3.63, 3.8) is 0 Å². The number of phenols is 1. The maximum Gasteiger partial charge on any atom is 0.153 e. The standard InChI is InChI=1S/2C17H12N3O.C11H15NO2.Ir/c2*1-21-17-11-10-16(12-6-2-3-7-13(12)17)20-18-14-8-4-5-9-15(14)19-20;1-3-12(4-2)10-6-5-9(8-13)11(14)7-10;/h2*2-9,11H,1H3;5-8,14H,3-4H2,1-2H3;/q2*-1;;. The number of ether oxygens (including phenoxy) is 2. The number of carbonyl (C=O) groups is 1. The number of phenolic OH excluding ortho intramolecular Hbond substituents is 1. The molecule has 0 saturated carbocycles. The third-order valence-electron chi connectivity index (χ3n) is 9.26. The van der Waals surface area contributed by atoms with Crippen LogP contribution in [0.4, 0.5) is 5.69 Å². The van der Waals surface area contributed by atoms with E-state index in [-0.39, 0.29) is 25.9 Å². The van der Waals surface area contributed by atoms with Crippen LogP contribution in [0, 0.1) is 12.1 Å². The minimum absolute atomic E-state index is 0. The Kier molecular flexibility index (Phi) is 12.9. The number of benzene rings is 7. The van der Waals surface area contributed by atoms with Crippen molar-refractivity contribution >= 4 is 55.6 Å². The Bertz CT molecular complexity index is 2560. The third-order valence-corrected chi connectivity index (χ3v) is 9.26. The van der Waals surface area contributed by atoms with Gasteiger partial charge in [0, 0.05) is 56.4 Å². The molecule has 0 aliphatic rings. The van der Waals surface area contributed by atoms with E-state index >= 15 is 0 Å². The number of carbonyl (C=O) groups excluding carboxylic acids is 1. The number of aromatic hydroxyl groups is 1. The van der Waals surface area contributed by atoms with Crippen LogP contribution in [-0.2, 0) is 20.1 Å². The van der Waals surface area contributed by atoms with Crippen molar-refractivity contribution < 1.29 is 39.5 Å². The predicted molar refractivity (Wildman–Crippen MR) is 221 cm³/mol. The first-order chi connectivity index (χ1) is 27.5. The quantitative estimate of drug-likeness (QED) is 0.118. The summed E-state index contributed by atoms with van der Waals surface area (Å²) in [6, 6.07) is 46.9. The van der Waals surface area contributed by atoms with Gasteiger partial charge in [-0.15, -0.1) is 24.3 Å². The van der Waals surface area contributed by atoms with Crippen LogP contribution in [0.3, 0.4) is 0 Å². The molecule has 11 nitrogen and oxygen atoms in total. The predicted octanol–water partition coefficient (Wildman–Crippen LogP) is 8.81. The van der Waals surface area contributed by atoms with Crippen LogP contribution < -0.4 is 14.4 Å². The molecule has 7 aromatic carbocycles. The zero-order valence-corrected chi connectivity index (χ0v) is 34.1. The molecule has 0 unspecified atom stereocenters. The second-order valence-electron chi connectivity index (χ2n) is 12.5. The maximum atomic E-state index is 10.5. The monoisotopic (exact) mass is 934 g/mol. The Balaban J connectivity index is 0.000000147. The molecule has 0 aliphatic carbocycles. The van der Waals surface area contributed by atoms with Crippen LogP contribution in [0.1, 0.15) is 24.2 Å². The molecular formula is C45H39IrN7O4-2. The summed E-state index contributed by atoms with van der Waals surface area (Å²) in [5.74, 6) is 1.64. The number of nitrogens with zero attached hydrogens (tertiary/aromatic N) is 7. The normalized spacial score (nSPS) is 10.6. The minimum Gasteiger partial charge on any atom is -0.554 e. The van der Waals surface area contributed by atoms with E-state index in [9.17, 15) is 9.90 Å². The Morgan fingerprint density at radius 3 is 1.35 bits per heavy atom. The summed E-state index contributed by atoms with van der Waals surface area (Å²) in [5.41, 5.74) is 6.39. The maximum absolute atomic E-state index is 10.5. The third kappa shape index (κ3) is 8.47. The molecule has 0 amide bonds. The van der Waals surface area contributed by atoms with E-state index in [0.29, 0.717) is 11.8 Å². The van der Waals surface area contributed by atoms with Crippen LogP contribution in [0.25, 0.3) is 55.0 Å². The van der Waals surface area contributed by atoms with Crippen molar-refractivity contribution in [2.45, 2.75) is 13.8 Å². The molecule has 2 heterocycles. The average molecular weight is 934 g/mol. The molecule has 9 aromatic rings. The number of hydrogen-bond donors (Lipinski definition) is 1. The molecule has 0 atom stereocenters. The molecule has 1 N–H and O–H groups in total. The summed E-state index contributed by atoms with van der Waals surface area (Å²) in [5, 5.41) is 31.6. The van der Waals surface area contributed by atoms with Crippen molar-refractivity contribution in [1.82, 2.24) is 30.0 Å². The number of fused-ring (bicyclic) bond motifs is 4. The van der Waals surface area contributed by atoms with E-state index in [1.807, 2.05) is 129 Å². The van der Waals surface area contributed by atoms with E-state index in [4.69, 9.17) is 9.47 Å². The summed E-state index contributed by atoms with van der Waals surface area (Å²) in [7, 11) is 3.32. The summed E-state index contributed by atoms with van der Waals surface area (Å²) < 4.78 is 10.8. The molecule has 12 heteroatoms. The van der Waals surface area contributed by atoms with Crippen LogP contribution in [0.5, 0.6) is 17.2 Å². The summed E-state index contributed by atoms with van der Waals surface area (Å²) in [6.07, 6.45) is 0.654. The van der Waals surface area contributed by atoms with Crippen LogP contribution in [0.2, 0.25) is 0 Å². The van der Waals surface area contributed by atoms with E-state index in [0.717, 1.165) is 85.3 Å². The topological polar surface area (TPSA) is 120 Å². The molecule has 2 aromatic heterocycles. The van der Waals surface area contributed by atoms with Crippen LogP contribution >= 0.6 is 0 Å². The number of aldehydes is 1. The van der Waals surface area contributed by atoms with E-state index in [1.54, 1.807) is 35.9 Å². The van der Waals surface area contributed by atoms with E-state index < -0.39 is 0 Å². The first-order valence-corrected chi connectivity index (χ1v) is 18.1. The second-order valence-corrected chi connectivity index (χ2v) is 12.5.